The first-order valence-electron chi connectivity index (χ1n) is 8.90. The lowest BCUT2D eigenvalue weighted by molar-refractivity contribution is -0.129. The van der Waals surface area contributed by atoms with Gasteiger partial charge in [-0.25, -0.2) is 4.79 Å². The number of piperazine rings is 1. The smallest absolute Gasteiger partial charge is 0.317 e. The van der Waals surface area contributed by atoms with E-state index in [1.54, 1.807) is 39.0 Å². The van der Waals surface area contributed by atoms with Crippen molar-refractivity contribution in [1.29, 1.82) is 0 Å². The topological polar surface area (TPSA) is 73.0 Å². The van der Waals surface area contributed by atoms with Crippen molar-refractivity contribution >= 4 is 29.4 Å². The Morgan fingerprint density at radius 2 is 1.42 bits per heavy atom. The molecule has 0 saturated carbocycles. The normalized spacial score (nSPS) is 17.3. The quantitative estimate of drug-likeness (QED) is 0.864. The number of urea groups is 1. The van der Waals surface area contributed by atoms with Gasteiger partial charge in [0.15, 0.2) is 0 Å². The van der Waals surface area contributed by atoms with Crippen LogP contribution < -0.4 is 5.32 Å². The maximum atomic E-state index is 12.5. The molecule has 0 radical (unpaired) electrons. The minimum Gasteiger partial charge on any atom is -0.341 e. The fourth-order valence-corrected chi connectivity index (χ4v) is 3.36. The highest BCUT2D eigenvalue weighted by molar-refractivity contribution is 6.30. The summed E-state index contributed by atoms with van der Waals surface area (Å²) in [4.78, 5) is 41.8. The van der Waals surface area contributed by atoms with E-state index in [0.717, 1.165) is 25.9 Å². The molecule has 26 heavy (non-hydrogen) atoms. The summed E-state index contributed by atoms with van der Waals surface area (Å²) in [5.41, 5.74) is 0.587. The van der Waals surface area contributed by atoms with Crippen LogP contribution in [0.5, 0.6) is 0 Å². The van der Waals surface area contributed by atoms with E-state index in [-0.39, 0.29) is 24.4 Å². The molecular weight excluding hydrogens is 356 g/mol. The van der Waals surface area contributed by atoms with Gasteiger partial charge in [-0.15, -0.1) is 0 Å². The average molecular weight is 379 g/mol. The summed E-state index contributed by atoms with van der Waals surface area (Å²) in [6.07, 6.45) is 2.06. The van der Waals surface area contributed by atoms with Crippen LogP contribution in [-0.2, 0) is 4.79 Å². The number of rotatable bonds is 3. The zero-order chi connectivity index (χ0) is 18.5. The Labute approximate surface area is 157 Å². The Morgan fingerprint density at radius 3 is 2.04 bits per heavy atom. The maximum absolute atomic E-state index is 12.5. The van der Waals surface area contributed by atoms with E-state index >= 15 is 0 Å². The third kappa shape index (κ3) is 4.46. The van der Waals surface area contributed by atoms with Crippen LogP contribution >= 0.6 is 11.6 Å². The lowest BCUT2D eigenvalue weighted by Crippen LogP contribution is -2.54. The first-order valence-corrected chi connectivity index (χ1v) is 9.28. The molecule has 7 nitrogen and oxygen atoms in total. The number of hydrogen-bond donors (Lipinski definition) is 1. The van der Waals surface area contributed by atoms with E-state index in [9.17, 15) is 14.4 Å². The summed E-state index contributed by atoms with van der Waals surface area (Å²) in [7, 11) is 0. The van der Waals surface area contributed by atoms with E-state index < -0.39 is 0 Å². The molecule has 2 aliphatic heterocycles. The predicted molar refractivity (Wildman–Crippen MR) is 98.1 cm³/mol. The highest BCUT2D eigenvalue weighted by atomic mass is 35.5. The molecule has 0 bridgehead atoms. The van der Waals surface area contributed by atoms with Gasteiger partial charge in [0.05, 0.1) is 6.54 Å². The summed E-state index contributed by atoms with van der Waals surface area (Å²) in [5.74, 6) is -0.0988. The minimum absolute atomic E-state index is 0.0305. The van der Waals surface area contributed by atoms with E-state index in [1.807, 2.05) is 0 Å². The Bertz CT molecular complexity index is 666. The van der Waals surface area contributed by atoms with Crippen LogP contribution in [0.1, 0.15) is 23.2 Å². The number of halogens is 1. The van der Waals surface area contributed by atoms with Crippen LogP contribution in [0, 0.1) is 0 Å². The van der Waals surface area contributed by atoms with E-state index in [4.69, 9.17) is 11.6 Å². The molecule has 0 unspecified atom stereocenters. The van der Waals surface area contributed by atoms with Gasteiger partial charge in [0.1, 0.15) is 0 Å². The molecule has 4 amide bonds. The Balaban J connectivity index is 1.44. The molecule has 0 spiro atoms. The minimum atomic E-state index is -0.254. The highest BCUT2D eigenvalue weighted by Gasteiger charge is 2.25. The summed E-state index contributed by atoms with van der Waals surface area (Å²) >= 11 is 5.85. The van der Waals surface area contributed by atoms with Crippen LogP contribution in [0.25, 0.3) is 0 Å². The van der Waals surface area contributed by atoms with Crippen LogP contribution in [0.4, 0.5) is 4.79 Å². The van der Waals surface area contributed by atoms with Gasteiger partial charge in [0.25, 0.3) is 5.91 Å². The van der Waals surface area contributed by atoms with Gasteiger partial charge in [-0.3, -0.25) is 9.59 Å². The summed E-state index contributed by atoms with van der Waals surface area (Å²) in [6.45, 7) is 3.42. The zero-order valence-corrected chi connectivity index (χ0v) is 15.4. The van der Waals surface area contributed by atoms with Gasteiger partial charge in [0.2, 0.25) is 5.91 Å². The molecule has 1 aromatic rings. The fourth-order valence-electron chi connectivity index (χ4n) is 3.23. The van der Waals surface area contributed by atoms with Crippen molar-refractivity contribution in [3.63, 3.8) is 0 Å². The molecule has 140 valence electrons. The third-order valence-electron chi connectivity index (χ3n) is 4.79. The molecule has 2 fully saturated rings. The number of hydrogen-bond acceptors (Lipinski definition) is 3. The largest absolute Gasteiger partial charge is 0.341 e. The Kier molecular flexibility index (Phi) is 5.98. The lowest BCUT2D eigenvalue weighted by Gasteiger charge is -2.34. The van der Waals surface area contributed by atoms with Crippen molar-refractivity contribution in [2.24, 2.45) is 0 Å². The first-order chi connectivity index (χ1) is 12.5. The second kappa shape index (κ2) is 8.40. The number of nitrogens with zero attached hydrogens (tertiary/aromatic N) is 3. The van der Waals surface area contributed by atoms with Crippen molar-refractivity contribution in [2.75, 3.05) is 45.8 Å². The van der Waals surface area contributed by atoms with Crippen molar-refractivity contribution < 1.29 is 14.4 Å². The predicted octanol–water partition coefficient (Wildman–Crippen LogP) is 1.43. The molecule has 8 heteroatoms. The van der Waals surface area contributed by atoms with Crippen LogP contribution in [0.15, 0.2) is 24.3 Å². The van der Waals surface area contributed by atoms with Crippen LogP contribution in [0.2, 0.25) is 5.02 Å². The second-order valence-corrected chi connectivity index (χ2v) is 6.97. The van der Waals surface area contributed by atoms with Crippen LogP contribution in [-0.4, -0.2) is 78.4 Å². The fraction of sp³-hybridized carbons (Fsp3) is 0.500. The molecule has 2 saturated heterocycles. The van der Waals surface area contributed by atoms with Gasteiger partial charge in [-0.05, 0) is 37.1 Å². The molecule has 1 aromatic carbocycles. The molecule has 2 aliphatic rings. The third-order valence-corrected chi connectivity index (χ3v) is 5.05. The number of nitrogens with one attached hydrogen (secondary N) is 1. The van der Waals surface area contributed by atoms with Crippen molar-refractivity contribution in [2.45, 2.75) is 12.8 Å². The van der Waals surface area contributed by atoms with Gasteiger partial charge in [-0.2, -0.15) is 0 Å². The zero-order valence-electron chi connectivity index (χ0n) is 14.6. The van der Waals surface area contributed by atoms with Gasteiger partial charge >= 0.3 is 6.03 Å². The molecular formula is C18H23ClN4O3. The summed E-state index contributed by atoms with van der Waals surface area (Å²) in [6, 6.07) is 6.53. The number of amides is 4. The number of carbonyl (C=O) groups is 3. The molecule has 1 N–H and O–H groups in total. The Morgan fingerprint density at radius 1 is 0.846 bits per heavy atom. The van der Waals surface area contributed by atoms with Gasteiger partial charge in [-0.1, -0.05) is 11.6 Å². The average Bonchev–Trinajstić information content (AvgIpc) is 3.21. The summed E-state index contributed by atoms with van der Waals surface area (Å²) in [5, 5.41) is 3.28. The first kappa shape index (κ1) is 18.5. The molecule has 0 atom stereocenters. The molecule has 2 heterocycles. The molecule has 0 aromatic heterocycles. The van der Waals surface area contributed by atoms with Crippen molar-refractivity contribution in [3.05, 3.63) is 34.9 Å². The van der Waals surface area contributed by atoms with Crippen LogP contribution in [0.3, 0.4) is 0 Å². The summed E-state index contributed by atoms with van der Waals surface area (Å²) < 4.78 is 0. The number of likely N-dealkylation sites (tertiary alicyclic amines) is 1. The molecule has 0 aliphatic carbocycles. The van der Waals surface area contributed by atoms with Gasteiger partial charge in [0, 0.05) is 49.9 Å². The van der Waals surface area contributed by atoms with E-state index in [2.05, 4.69) is 5.32 Å². The van der Waals surface area contributed by atoms with Gasteiger partial charge < -0.3 is 20.0 Å². The van der Waals surface area contributed by atoms with E-state index in [0.29, 0.717) is 36.8 Å². The number of carbonyl (C=O) groups excluding carboxylic acids is 3. The molecule has 3 rings (SSSR count). The maximum Gasteiger partial charge on any atom is 0.317 e. The highest BCUT2D eigenvalue weighted by Crippen LogP contribution is 2.13. The van der Waals surface area contributed by atoms with Crippen molar-refractivity contribution in [3.8, 4) is 0 Å². The monoisotopic (exact) mass is 378 g/mol. The standard InChI is InChI=1S/C18H23ClN4O3/c19-15-5-3-14(4-6-15)17(25)22-9-11-23(12-10-22)18(26)20-13-16(24)21-7-1-2-8-21/h3-6H,1-2,7-13H2,(H,20,26). The lowest BCUT2D eigenvalue weighted by atomic mass is 10.2. The van der Waals surface area contributed by atoms with E-state index in [1.165, 1.54) is 0 Å². The Hall–Kier alpha value is -2.28. The second-order valence-electron chi connectivity index (χ2n) is 6.53. The SMILES string of the molecule is O=C(CNC(=O)N1CCN(C(=O)c2ccc(Cl)cc2)CC1)N1CCCC1. The number of benzene rings is 1. The van der Waals surface area contributed by atoms with Crippen molar-refractivity contribution in [1.82, 2.24) is 20.0 Å².